The number of rotatable bonds is 5. The zero-order valence-electron chi connectivity index (χ0n) is 30.1. The molecular formula is C44H32N5NiO8+. The van der Waals surface area contributed by atoms with E-state index in [1.165, 1.54) is 60.8 Å². The summed E-state index contributed by atoms with van der Waals surface area (Å²) < 4.78 is 0. The smallest absolute Gasteiger partial charge is 0.545 e. The number of pyridine rings is 5. The molecule has 13 nitrogen and oxygen atoms in total. The normalized spacial score (nSPS) is 10.1. The minimum atomic E-state index is -1.44. The van der Waals surface area contributed by atoms with Gasteiger partial charge in [0.15, 0.2) is 0 Å². The standard InChI is InChI=1S/C20H13NO6.2C12H8N2.Ni.2H2O/c22-18(23)13-5-1-11(2-6-13)15-9-16(20(26)27)17(21-10-15)12-3-7-14(8-4-12)19(24)25;2*1-3-9-5-6-10-4-2-8-14-12(10)11(9)13-7-1;;;/h1-10H,(H,22,23)(H,24,25)(H,26,27);2*1-8H;;2*1H2/q;;;+2;;/p-1. The number of carbonyl (C=O) groups is 3. The van der Waals surface area contributed by atoms with Crippen molar-refractivity contribution in [3.63, 3.8) is 0 Å². The van der Waals surface area contributed by atoms with Crippen LogP contribution in [0.4, 0.5) is 0 Å². The molecule has 0 radical (unpaired) electrons. The van der Waals surface area contributed by atoms with Crippen molar-refractivity contribution in [2.24, 2.45) is 0 Å². The van der Waals surface area contributed by atoms with Crippen LogP contribution < -0.4 is 10.2 Å². The Hall–Kier alpha value is -7.51. The molecule has 58 heavy (non-hydrogen) atoms. The number of hydrogen-bond donors (Lipinski definition) is 1. The molecule has 0 unspecified atom stereocenters. The number of carbonyl (C=O) groups excluding carboxylic acids is 2. The van der Waals surface area contributed by atoms with E-state index in [9.17, 15) is 24.6 Å². The van der Waals surface area contributed by atoms with Crippen LogP contribution in [0.15, 0.2) is 158 Å². The molecule has 0 amide bonds. The average molecular weight is 817 g/mol. The van der Waals surface area contributed by atoms with Gasteiger partial charge in [0.25, 0.3) is 0 Å². The third-order valence-corrected chi connectivity index (χ3v) is 8.66. The number of aromatic nitrogens is 5. The third-order valence-electron chi connectivity index (χ3n) is 8.66. The molecule has 0 spiro atoms. The topological polar surface area (TPSA) is 247 Å². The van der Waals surface area contributed by atoms with E-state index < -0.39 is 17.9 Å². The monoisotopic (exact) mass is 816 g/mol. The van der Waals surface area contributed by atoms with Gasteiger partial charge in [-0.15, -0.1) is 0 Å². The van der Waals surface area contributed by atoms with Crippen molar-refractivity contribution in [1.82, 2.24) is 24.9 Å². The van der Waals surface area contributed by atoms with Crippen LogP contribution in [0.3, 0.4) is 0 Å². The quantitative estimate of drug-likeness (QED) is 0.142. The number of carboxylic acids is 3. The fraction of sp³-hybridized carbons (Fsp3) is 0. The molecule has 5 heterocycles. The molecule has 290 valence electrons. The van der Waals surface area contributed by atoms with Gasteiger partial charge in [-0.05, 0) is 53.6 Å². The molecule has 0 aliphatic rings. The van der Waals surface area contributed by atoms with Crippen LogP contribution in [0.5, 0.6) is 0 Å². The van der Waals surface area contributed by atoms with Crippen LogP contribution in [-0.2, 0) is 22.0 Å². The second-order valence-corrected chi connectivity index (χ2v) is 12.1. The van der Waals surface area contributed by atoms with Gasteiger partial charge in [0, 0.05) is 69.2 Å². The van der Waals surface area contributed by atoms with E-state index >= 15 is 0 Å². The molecule has 9 rings (SSSR count). The zero-order valence-corrected chi connectivity index (χ0v) is 31.1. The summed E-state index contributed by atoms with van der Waals surface area (Å²) in [6, 6.07) is 37.0. The van der Waals surface area contributed by atoms with Gasteiger partial charge in [-0.25, -0.2) is 4.79 Å². The van der Waals surface area contributed by atoms with Crippen LogP contribution in [0.1, 0.15) is 31.1 Å². The van der Waals surface area contributed by atoms with Crippen LogP contribution in [0.2, 0.25) is 0 Å². The first-order valence-corrected chi connectivity index (χ1v) is 16.8. The second kappa shape index (κ2) is 19.4. The Morgan fingerprint density at radius 2 is 0.845 bits per heavy atom. The maximum atomic E-state index is 11.6. The SMILES string of the molecule is O.O=C([O-])c1ccc(-c2cnc(-c3ccc(C(=O)O)cc3)c(C(=O)[O-])c2)cc1.[Ni+2].[OH3+].c1cnc2c(c1)ccc1cccnc12.c1cnc2c(c1)ccc1cccnc12. The molecule has 0 aliphatic heterocycles. The van der Waals surface area contributed by atoms with Crippen molar-refractivity contribution in [1.29, 1.82) is 0 Å². The number of carboxylic acid groups (broad SMARTS) is 3. The van der Waals surface area contributed by atoms with Crippen LogP contribution in [0.25, 0.3) is 66.0 Å². The summed E-state index contributed by atoms with van der Waals surface area (Å²) in [5.41, 5.74) is 5.42. The van der Waals surface area contributed by atoms with Crippen LogP contribution in [0, 0.1) is 0 Å². The van der Waals surface area contributed by atoms with Gasteiger partial charge in [-0.3, -0.25) is 24.9 Å². The Morgan fingerprint density at radius 1 is 0.466 bits per heavy atom. The molecule has 0 aliphatic carbocycles. The first kappa shape index (κ1) is 43.2. The molecule has 0 saturated carbocycles. The Bertz CT molecular complexity index is 2660. The summed E-state index contributed by atoms with van der Waals surface area (Å²) in [4.78, 5) is 54.9. The summed E-state index contributed by atoms with van der Waals surface area (Å²) >= 11 is 0. The van der Waals surface area contributed by atoms with Crippen molar-refractivity contribution in [2.45, 2.75) is 0 Å². The zero-order chi connectivity index (χ0) is 38.3. The largest absolute Gasteiger partial charge is 2.00 e. The van der Waals surface area contributed by atoms with Gasteiger partial charge >= 0.3 is 22.5 Å². The van der Waals surface area contributed by atoms with Crippen molar-refractivity contribution in [2.75, 3.05) is 0 Å². The van der Waals surface area contributed by atoms with E-state index in [1.54, 1.807) is 24.8 Å². The van der Waals surface area contributed by atoms with Gasteiger partial charge in [0.1, 0.15) is 0 Å². The maximum Gasteiger partial charge on any atom is 2.00 e. The second-order valence-electron chi connectivity index (χ2n) is 12.1. The molecule has 0 atom stereocenters. The fourth-order valence-corrected chi connectivity index (χ4v) is 5.94. The van der Waals surface area contributed by atoms with E-state index in [4.69, 9.17) is 5.11 Å². The first-order chi connectivity index (χ1) is 26.8. The van der Waals surface area contributed by atoms with E-state index in [1.807, 2.05) is 24.3 Å². The van der Waals surface area contributed by atoms with Crippen LogP contribution >= 0.6 is 0 Å². The minimum Gasteiger partial charge on any atom is -0.545 e. The molecular weight excluding hydrogens is 785 g/mol. The molecule has 14 heteroatoms. The Labute approximate surface area is 339 Å². The molecule has 0 fully saturated rings. The number of benzene rings is 4. The van der Waals surface area contributed by atoms with Crippen molar-refractivity contribution >= 4 is 61.5 Å². The molecule has 0 bridgehead atoms. The van der Waals surface area contributed by atoms with Gasteiger partial charge < -0.3 is 35.9 Å². The molecule has 0 saturated heterocycles. The summed E-state index contributed by atoms with van der Waals surface area (Å²) in [6.45, 7) is 0. The third kappa shape index (κ3) is 9.47. The summed E-state index contributed by atoms with van der Waals surface area (Å²) in [5.74, 6) is -3.84. The van der Waals surface area contributed by atoms with E-state index in [2.05, 4.69) is 73.5 Å². The Morgan fingerprint density at radius 3 is 1.21 bits per heavy atom. The Balaban J connectivity index is 0.000000203. The summed E-state index contributed by atoms with van der Waals surface area (Å²) in [7, 11) is 0. The first-order valence-electron chi connectivity index (χ1n) is 16.8. The number of hydrogen-bond acceptors (Lipinski definition) is 10. The van der Waals surface area contributed by atoms with E-state index in [-0.39, 0.29) is 49.8 Å². The van der Waals surface area contributed by atoms with E-state index in [0.29, 0.717) is 16.7 Å². The van der Waals surface area contributed by atoms with Crippen molar-refractivity contribution < 1.29 is 57.1 Å². The minimum absolute atomic E-state index is 0. The van der Waals surface area contributed by atoms with Gasteiger partial charge in [0.2, 0.25) is 0 Å². The predicted octanol–water partition coefficient (Wildman–Crippen LogP) is 4.66. The molecule has 5 aromatic heterocycles. The van der Waals surface area contributed by atoms with Crippen LogP contribution in [-0.4, -0.2) is 53.4 Å². The Kier molecular flexibility index (Phi) is 14.4. The average Bonchev–Trinajstić information content (AvgIpc) is 3.24. The van der Waals surface area contributed by atoms with Gasteiger partial charge in [-0.2, -0.15) is 0 Å². The summed E-state index contributed by atoms with van der Waals surface area (Å²) in [6.07, 6.45) is 8.65. The predicted molar refractivity (Wildman–Crippen MR) is 213 cm³/mol. The van der Waals surface area contributed by atoms with Gasteiger partial charge in [0.05, 0.1) is 45.3 Å². The summed E-state index contributed by atoms with van der Waals surface area (Å²) in [5, 5.41) is 35.9. The molecule has 6 N–H and O–H groups in total. The molecule has 9 aromatic rings. The molecule has 4 aromatic carbocycles. The van der Waals surface area contributed by atoms with E-state index in [0.717, 1.165) is 43.6 Å². The fourth-order valence-electron chi connectivity index (χ4n) is 5.94. The number of aromatic carboxylic acids is 3. The van der Waals surface area contributed by atoms with Gasteiger partial charge in [-0.1, -0.05) is 84.9 Å². The number of nitrogens with zero attached hydrogens (tertiary/aromatic N) is 5. The van der Waals surface area contributed by atoms with Crippen molar-refractivity contribution in [3.8, 4) is 22.4 Å². The maximum absolute atomic E-state index is 11.6. The van der Waals surface area contributed by atoms with Crippen molar-refractivity contribution in [3.05, 3.63) is 175 Å². The number of fused-ring (bicyclic) bond motifs is 6.